The number of alkyl carbamates (subject to hydrolysis) is 1. The van der Waals surface area contributed by atoms with Crippen LogP contribution in [0, 0.1) is 0 Å². The van der Waals surface area contributed by atoms with Crippen LogP contribution in [0.2, 0.25) is 0 Å². The van der Waals surface area contributed by atoms with Gasteiger partial charge in [0.05, 0.1) is 12.6 Å². The number of nitrogens with zero attached hydrogens (tertiary/aromatic N) is 2. The Bertz CT molecular complexity index is 1350. The molecule has 1 amide bonds. The van der Waals surface area contributed by atoms with E-state index in [-0.39, 0.29) is 13.0 Å². The first-order valence-corrected chi connectivity index (χ1v) is 14.5. The van der Waals surface area contributed by atoms with Crippen molar-refractivity contribution >= 4 is 6.09 Å². The van der Waals surface area contributed by atoms with E-state index in [1.54, 1.807) is 12.4 Å². The molecule has 3 aromatic carbocycles. The normalized spacial score (nSPS) is 11.7. The topological polar surface area (TPSA) is 114 Å². The molecule has 0 fully saturated rings. The third-order valence-corrected chi connectivity index (χ3v) is 6.90. The van der Waals surface area contributed by atoms with Gasteiger partial charge in [0.1, 0.15) is 12.4 Å². The van der Waals surface area contributed by atoms with E-state index >= 15 is 0 Å². The van der Waals surface area contributed by atoms with Gasteiger partial charge in [0.15, 0.2) is 12.1 Å². The lowest BCUT2D eigenvalue weighted by Crippen LogP contribution is -2.45. The molecule has 8 nitrogen and oxygen atoms in total. The zero-order valence-electron chi connectivity index (χ0n) is 24.0. The van der Waals surface area contributed by atoms with Gasteiger partial charge in [-0.1, -0.05) is 99.3 Å². The van der Waals surface area contributed by atoms with Crippen molar-refractivity contribution in [2.75, 3.05) is 6.61 Å². The monoisotopic (exact) mass is 569 g/mol. The van der Waals surface area contributed by atoms with Gasteiger partial charge in [-0.25, -0.2) is 14.8 Å². The summed E-state index contributed by atoms with van der Waals surface area (Å²) in [6, 6.07) is 23.7. The summed E-state index contributed by atoms with van der Waals surface area (Å²) in [6.07, 6.45) is 7.39. The van der Waals surface area contributed by atoms with Crippen LogP contribution in [-0.2, 0) is 17.8 Å². The van der Waals surface area contributed by atoms with Gasteiger partial charge < -0.3 is 25.0 Å². The standard InChI is InChI=1S/C34H39N3O5/c1-2-3-4-5-9-20-41-30-18-16-27(17-19-30)29-22-35-32(36-23-29)28-14-12-25(13-15-28)21-31(33(38)39)37-34(40)42-24-26-10-7-6-8-11-26/h6-8,10-19,22-23,31,33,38-39H,2-5,9,20-21,24H2,1H3,(H,37,40)/t31-/m0/s1. The van der Waals surface area contributed by atoms with Gasteiger partial charge >= 0.3 is 6.09 Å². The van der Waals surface area contributed by atoms with Gasteiger partial charge in [-0.15, -0.1) is 0 Å². The van der Waals surface area contributed by atoms with Crippen molar-refractivity contribution in [3.63, 3.8) is 0 Å². The molecule has 0 aliphatic rings. The van der Waals surface area contributed by atoms with Crippen molar-refractivity contribution in [1.82, 2.24) is 15.3 Å². The number of unbranched alkanes of at least 4 members (excludes halogenated alkanes) is 4. The minimum absolute atomic E-state index is 0.0907. The van der Waals surface area contributed by atoms with Gasteiger partial charge in [0.25, 0.3) is 0 Å². The van der Waals surface area contributed by atoms with Crippen LogP contribution >= 0.6 is 0 Å². The van der Waals surface area contributed by atoms with E-state index in [0.717, 1.165) is 46.6 Å². The van der Waals surface area contributed by atoms with E-state index in [1.165, 1.54) is 25.7 Å². The molecule has 0 aliphatic carbocycles. The summed E-state index contributed by atoms with van der Waals surface area (Å²) in [6.45, 7) is 3.04. The van der Waals surface area contributed by atoms with Crippen molar-refractivity contribution in [3.05, 3.63) is 102 Å². The average molecular weight is 570 g/mol. The lowest BCUT2D eigenvalue weighted by atomic mass is 10.0. The first kappa shape index (κ1) is 30.7. The molecule has 4 aromatic rings. The number of aliphatic hydroxyl groups is 2. The van der Waals surface area contributed by atoms with E-state index in [9.17, 15) is 15.0 Å². The number of carbonyl (C=O) groups is 1. The fraction of sp³-hybridized carbons (Fsp3) is 0.324. The number of ether oxygens (including phenoxy) is 2. The Morgan fingerprint density at radius 2 is 1.45 bits per heavy atom. The third kappa shape index (κ3) is 9.68. The number of aromatic nitrogens is 2. The predicted molar refractivity (Wildman–Crippen MR) is 163 cm³/mol. The molecule has 0 spiro atoms. The molecule has 3 N–H and O–H groups in total. The van der Waals surface area contributed by atoms with Crippen LogP contribution in [0.25, 0.3) is 22.5 Å². The number of nitrogens with one attached hydrogen (secondary N) is 1. The number of hydrogen-bond donors (Lipinski definition) is 3. The van der Waals surface area contributed by atoms with Crippen molar-refractivity contribution in [1.29, 1.82) is 0 Å². The summed E-state index contributed by atoms with van der Waals surface area (Å²) < 4.78 is 11.1. The van der Waals surface area contributed by atoms with Gasteiger partial charge in [-0.05, 0) is 41.7 Å². The molecular weight excluding hydrogens is 530 g/mol. The van der Waals surface area contributed by atoms with Crippen molar-refractivity contribution in [2.45, 2.75) is 64.4 Å². The first-order chi connectivity index (χ1) is 20.5. The predicted octanol–water partition coefficient (Wildman–Crippen LogP) is 6.31. The lowest BCUT2D eigenvalue weighted by molar-refractivity contribution is -0.0660. The average Bonchev–Trinajstić information content (AvgIpc) is 3.02. The maximum Gasteiger partial charge on any atom is 0.407 e. The number of rotatable bonds is 15. The summed E-state index contributed by atoms with van der Waals surface area (Å²) >= 11 is 0. The third-order valence-electron chi connectivity index (χ3n) is 6.90. The highest BCUT2D eigenvalue weighted by molar-refractivity contribution is 5.68. The summed E-state index contributed by atoms with van der Waals surface area (Å²) in [5, 5.41) is 22.1. The van der Waals surface area contributed by atoms with Crippen LogP contribution in [0.3, 0.4) is 0 Å². The van der Waals surface area contributed by atoms with Crippen LogP contribution < -0.4 is 10.1 Å². The van der Waals surface area contributed by atoms with Gasteiger partial charge in [-0.3, -0.25) is 0 Å². The van der Waals surface area contributed by atoms with E-state index < -0.39 is 18.4 Å². The number of aliphatic hydroxyl groups excluding tert-OH is 1. The number of benzene rings is 3. The molecule has 4 rings (SSSR count). The SMILES string of the molecule is CCCCCCCOc1ccc(-c2cnc(-c3ccc(C[C@H](NC(=O)OCc4ccccc4)C(O)O)cc3)nc2)cc1. The van der Waals surface area contributed by atoms with E-state index in [0.29, 0.717) is 5.82 Å². The molecular formula is C34H39N3O5. The maximum absolute atomic E-state index is 12.2. The zero-order chi connectivity index (χ0) is 29.6. The van der Waals surface area contributed by atoms with E-state index in [4.69, 9.17) is 9.47 Å². The Balaban J connectivity index is 1.28. The Hall–Kier alpha value is -4.27. The van der Waals surface area contributed by atoms with Crippen LogP contribution in [0.15, 0.2) is 91.3 Å². The number of hydrogen-bond acceptors (Lipinski definition) is 7. The summed E-state index contributed by atoms with van der Waals surface area (Å²) in [4.78, 5) is 21.3. The minimum Gasteiger partial charge on any atom is -0.494 e. The molecule has 0 saturated carbocycles. The van der Waals surface area contributed by atoms with Crippen LogP contribution in [0.4, 0.5) is 4.79 Å². The summed E-state index contributed by atoms with van der Waals surface area (Å²) in [5.41, 5.74) is 4.39. The van der Waals surface area contributed by atoms with Crippen LogP contribution in [0.1, 0.15) is 50.2 Å². The van der Waals surface area contributed by atoms with E-state index in [1.807, 2.05) is 78.9 Å². The number of amides is 1. The molecule has 42 heavy (non-hydrogen) atoms. The second kappa shape index (κ2) is 16.2. The lowest BCUT2D eigenvalue weighted by Gasteiger charge is -2.20. The van der Waals surface area contributed by atoms with Crippen molar-refractivity contribution in [3.8, 4) is 28.3 Å². The number of carbonyl (C=O) groups excluding carboxylic acids is 1. The molecule has 220 valence electrons. The Morgan fingerprint density at radius 3 is 2.12 bits per heavy atom. The molecule has 0 radical (unpaired) electrons. The zero-order valence-corrected chi connectivity index (χ0v) is 24.0. The fourth-order valence-electron chi connectivity index (χ4n) is 4.46. The van der Waals surface area contributed by atoms with Crippen molar-refractivity contribution in [2.24, 2.45) is 0 Å². The summed E-state index contributed by atoms with van der Waals surface area (Å²) in [5.74, 6) is 1.44. The molecule has 8 heteroatoms. The Morgan fingerprint density at radius 1 is 0.786 bits per heavy atom. The molecule has 1 atom stereocenters. The highest BCUT2D eigenvalue weighted by atomic mass is 16.5. The maximum atomic E-state index is 12.2. The highest BCUT2D eigenvalue weighted by Gasteiger charge is 2.21. The van der Waals surface area contributed by atoms with Crippen LogP contribution in [0.5, 0.6) is 5.75 Å². The van der Waals surface area contributed by atoms with Crippen LogP contribution in [-0.4, -0.2) is 45.2 Å². The van der Waals surface area contributed by atoms with Crippen molar-refractivity contribution < 1.29 is 24.5 Å². The fourth-order valence-corrected chi connectivity index (χ4v) is 4.46. The van der Waals surface area contributed by atoms with E-state index in [2.05, 4.69) is 22.2 Å². The molecule has 0 unspecified atom stereocenters. The molecule has 0 saturated heterocycles. The Labute approximate surface area is 247 Å². The van der Waals surface area contributed by atoms with Gasteiger partial charge in [-0.2, -0.15) is 0 Å². The smallest absolute Gasteiger partial charge is 0.407 e. The largest absolute Gasteiger partial charge is 0.494 e. The second-order valence-corrected chi connectivity index (χ2v) is 10.2. The summed E-state index contributed by atoms with van der Waals surface area (Å²) in [7, 11) is 0. The molecule has 0 bridgehead atoms. The first-order valence-electron chi connectivity index (χ1n) is 14.5. The molecule has 1 aromatic heterocycles. The molecule has 1 heterocycles. The molecule has 0 aliphatic heterocycles. The Kier molecular flexibility index (Phi) is 11.9. The second-order valence-electron chi connectivity index (χ2n) is 10.2. The van der Waals surface area contributed by atoms with Gasteiger partial charge in [0.2, 0.25) is 0 Å². The van der Waals surface area contributed by atoms with Gasteiger partial charge in [0, 0.05) is 23.5 Å². The quantitative estimate of drug-likeness (QED) is 0.114. The highest BCUT2D eigenvalue weighted by Crippen LogP contribution is 2.24. The minimum atomic E-state index is -1.75.